The van der Waals surface area contributed by atoms with Gasteiger partial charge in [0.25, 0.3) is 0 Å². The molecule has 0 spiro atoms. The van der Waals surface area contributed by atoms with E-state index >= 15 is 0 Å². The van der Waals surface area contributed by atoms with Gasteiger partial charge in [0.2, 0.25) is 0 Å². The third-order valence-electron chi connectivity index (χ3n) is 3.62. The first-order chi connectivity index (χ1) is 9.20. The monoisotopic (exact) mass is 264 g/mol. The molecule has 5 atom stereocenters. The summed E-state index contributed by atoms with van der Waals surface area (Å²) >= 11 is 0. The van der Waals surface area contributed by atoms with Gasteiger partial charge in [-0.2, -0.15) is 0 Å². The Morgan fingerprint density at radius 2 is 1.84 bits per heavy atom. The standard InChI is InChI=1S/C13H17BO5/c1-8-10(15)11-12(13(16-2)17-8)19-14(18-11)9-6-4-3-5-7-9/h3-8,10-13,15H,1-2H3/t8-,10-,11+,12+,13?/m0/s1. The summed E-state index contributed by atoms with van der Waals surface area (Å²) in [4.78, 5) is 0. The van der Waals surface area contributed by atoms with Crippen molar-refractivity contribution in [1.29, 1.82) is 0 Å². The maximum absolute atomic E-state index is 10.1. The van der Waals surface area contributed by atoms with Crippen molar-refractivity contribution in [1.82, 2.24) is 0 Å². The lowest BCUT2D eigenvalue weighted by Gasteiger charge is -2.38. The van der Waals surface area contributed by atoms with Crippen molar-refractivity contribution < 1.29 is 23.9 Å². The first-order valence-electron chi connectivity index (χ1n) is 6.43. The molecule has 1 N–H and O–H groups in total. The Kier molecular flexibility index (Phi) is 3.60. The van der Waals surface area contributed by atoms with Gasteiger partial charge in [0.15, 0.2) is 6.29 Å². The quantitative estimate of drug-likeness (QED) is 0.757. The molecule has 1 aromatic rings. The molecule has 19 heavy (non-hydrogen) atoms. The summed E-state index contributed by atoms with van der Waals surface area (Å²) in [7, 11) is 1.07. The van der Waals surface area contributed by atoms with Crippen LogP contribution >= 0.6 is 0 Å². The zero-order chi connectivity index (χ0) is 13.4. The van der Waals surface area contributed by atoms with Crippen LogP contribution in [0.4, 0.5) is 0 Å². The fourth-order valence-electron chi connectivity index (χ4n) is 2.56. The fourth-order valence-corrected chi connectivity index (χ4v) is 2.56. The van der Waals surface area contributed by atoms with Crippen LogP contribution in [0, 0.1) is 0 Å². The Hall–Kier alpha value is -0.915. The molecule has 2 saturated heterocycles. The van der Waals surface area contributed by atoms with E-state index in [4.69, 9.17) is 18.8 Å². The van der Waals surface area contributed by atoms with E-state index < -0.39 is 31.7 Å². The minimum atomic E-state index is -0.717. The van der Waals surface area contributed by atoms with Crippen LogP contribution in [-0.2, 0) is 18.8 Å². The average Bonchev–Trinajstić information content (AvgIpc) is 2.89. The van der Waals surface area contributed by atoms with Crippen molar-refractivity contribution in [2.24, 2.45) is 0 Å². The normalized spacial score (nSPS) is 38.3. The number of hydrogen-bond donors (Lipinski definition) is 1. The van der Waals surface area contributed by atoms with Crippen LogP contribution < -0.4 is 5.46 Å². The molecule has 5 nitrogen and oxygen atoms in total. The van der Waals surface area contributed by atoms with Gasteiger partial charge in [-0.3, -0.25) is 0 Å². The lowest BCUT2D eigenvalue weighted by molar-refractivity contribution is -0.260. The smallest absolute Gasteiger partial charge is 0.399 e. The van der Waals surface area contributed by atoms with Crippen molar-refractivity contribution in [3.8, 4) is 0 Å². The van der Waals surface area contributed by atoms with Crippen molar-refractivity contribution in [2.75, 3.05) is 7.11 Å². The Morgan fingerprint density at radius 3 is 2.53 bits per heavy atom. The number of aliphatic hydroxyl groups excluding tert-OH is 1. The Balaban J connectivity index is 1.81. The maximum Gasteiger partial charge on any atom is 0.494 e. The molecule has 3 rings (SSSR count). The van der Waals surface area contributed by atoms with Crippen LogP contribution in [0.1, 0.15) is 6.92 Å². The van der Waals surface area contributed by atoms with Crippen molar-refractivity contribution >= 4 is 12.6 Å². The molecule has 0 aromatic heterocycles. The third-order valence-corrected chi connectivity index (χ3v) is 3.62. The zero-order valence-corrected chi connectivity index (χ0v) is 10.9. The Labute approximate surface area is 112 Å². The molecule has 0 aliphatic carbocycles. The summed E-state index contributed by atoms with van der Waals surface area (Å²) in [5.74, 6) is 0. The van der Waals surface area contributed by atoms with Gasteiger partial charge in [-0.25, -0.2) is 0 Å². The van der Waals surface area contributed by atoms with Gasteiger partial charge >= 0.3 is 7.12 Å². The molecule has 1 unspecified atom stereocenters. The number of benzene rings is 1. The second-order valence-electron chi connectivity index (χ2n) is 4.88. The lowest BCUT2D eigenvalue weighted by atomic mass is 9.79. The van der Waals surface area contributed by atoms with Crippen molar-refractivity contribution in [3.05, 3.63) is 30.3 Å². The topological polar surface area (TPSA) is 57.2 Å². The van der Waals surface area contributed by atoms with Gasteiger partial charge in [-0.1, -0.05) is 30.3 Å². The Bertz CT molecular complexity index is 422. The highest BCUT2D eigenvalue weighted by Gasteiger charge is 2.53. The van der Waals surface area contributed by atoms with Crippen LogP contribution in [0.3, 0.4) is 0 Å². The molecular weight excluding hydrogens is 247 g/mol. The summed E-state index contributed by atoms with van der Waals surface area (Å²) in [6, 6.07) is 9.64. The number of fused-ring (bicyclic) bond motifs is 1. The van der Waals surface area contributed by atoms with E-state index in [1.165, 1.54) is 0 Å². The predicted molar refractivity (Wildman–Crippen MR) is 68.9 cm³/mol. The lowest BCUT2D eigenvalue weighted by Crippen LogP contribution is -2.55. The molecule has 2 aliphatic rings. The summed E-state index contributed by atoms with van der Waals surface area (Å²) < 4.78 is 22.5. The summed E-state index contributed by atoms with van der Waals surface area (Å²) in [6.07, 6.45) is -2.42. The molecule has 0 bridgehead atoms. The number of methoxy groups -OCH3 is 1. The summed E-state index contributed by atoms with van der Waals surface area (Å²) in [5, 5.41) is 10.1. The molecule has 2 heterocycles. The molecule has 0 radical (unpaired) electrons. The number of aliphatic hydroxyl groups is 1. The van der Waals surface area contributed by atoms with Gasteiger partial charge in [-0.05, 0) is 12.4 Å². The van der Waals surface area contributed by atoms with E-state index in [0.29, 0.717) is 0 Å². The van der Waals surface area contributed by atoms with Crippen LogP contribution in [0.15, 0.2) is 30.3 Å². The zero-order valence-electron chi connectivity index (χ0n) is 10.9. The molecule has 102 valence electrons. The highest BCUT2D eigenvalue weighted by atomic mass is 16.7. The molecule has 6 heteroatoms. The largest absolute Gasteiger partial charge is 0.494 e. The third kappa shape index (κ3) is 2.30. The minimum Gasteiger partial charge on any atom is -0.399 e. The van der Waals surface area contributed by atoms with E-state index in [1.54, 1.807) is 14.0 Å². The van der Waals surface area contributed by atoms with E-state index in [9.17, 15) is 5.11 Å². The average molecular weight is 264 g/mol. The van der Waals surface area contributed by atoms with Crippen LogP contribution in [0.25, 0.3) is 0 Å². The van der Waals surface area contributed by atoms with Gasteiger partial charge in [0.05, 0.1) is 6.10 Å². The van der Waals surface area contributed by atoms with E-state index in [0.717, 1.165) is 5.46 Å². The number of ether oxygens (including phenoxy) is 2. The van der Waals surface area contributed by atoms with Gasteiger partial charge < -0.3 is 23.9 Å². The molecular formula is C13H17BO5. The molecule has 0 saturated carbocycles. The minimum absolute atomic E-state index is 0.343. The highest BCUT2D eigenvalue weighted by molar-refractivity contribution is 6.61. The van der Waals surface area contributed by atoms with Gasteiger partial charge in [-0.15, -0.1) is 0 Å². The first kappa shape index (κ1) is 13.1. The predicted octanol–water partition coefficient (Wildman–Crippen LogP) is -0.0821. The van der Waals surface area contributed by atoms with E-state index in [-0.39, 0.29) is 6.10 Å². The Morgan fingerprint density at radius 1 is 1.16 bits per heavy atom. The van der Waals surface area contributed by atoms with Gasteiger partial charge in [0, 0.05) is 7.11 Å². The SMILES string of the molecule is COC1O[C@@H](C)[C@H](O)[C@H]2OB(c3ccccc3)O[C@@H]12. The molecule has 1 aromatic carbocycles. The second-order valence-corrected chi connectivity index (χ2v) is 4.88. The molecule has 2 fully saturated rings. The first-order valence-corrected chi connectivity index (χ1v) is 6.43. The second kappa shape index (κ2) is 5.23. The fraction of sp³-hybridized carbons (Fsp3) is 0.538. The number of hydrogen-bond acceptors (Lipinski definition) is 5. The van der Waals surface area contributed by atoms with E-state index in [2.05, 4.69) is 0 Å². The highest BCUT2D eigenvalue weighted by Crippen LogP contribution is 2.31. The van der Waals surface area contributed by atoms with Crippen LogP contribution in [0.2, 0.25) is 0 Å². The van der Waals surface area contributed by atoms with Gasteiger partial charge in [0.1, 0.15) is 18.3 Å². The van der Waals surface area contributed by atoms with Crippen LogP contribution in [-0.4, -0.2) is 50.0 Å². The summed E-state index contributed by atoms with van der Waals surface area (Å²) in [6.45, 7) is 1.80. The van der Waals surface area contributed by atoms with Crippen molar-refractivity contribution in [2.45, 2.75) is 37.6 Å². The number of rotatable bonds is 2. The molecule has 2 aliphatic heterocycles. The summed E-state index contributed by atoms with van der Waals surface area (Å²) in [5.41, 5.74) is 0.923. The van der Waals surface area contributed by atoms with Crippen molar-refractivity contribution in [3.63, 3.8) is 0 Å². The van der Waals surface area contributed by atoms with Crippen LogP contribution in [0.5, 0.6) is 0 Å². The van der Waals surface area contributed by atoms with E-state index in [1.807, 2.05) is 30.3 Å². The maximum atomic E-state index is 10.1. The molecule has 0 amide bonds.